The number of hydrogen-bond donors (Lipinski definition) is 4. The van der Waals surface area contributed by atoms with Crippen LogP contribution in [0.5, 0.6) is 5.75 Å². The minimum absolute atomic E-state index is 0.0504. The number of aliphatic hydroxyl groups is 1. The first-order valence-corrected chi connectivity index (χ1v) is 11.9. The van der Waals surface area contributed by atoms with Crippen molar-refractivity contribution in [3.63, 3.8) is 0 Å². The van der Waals surface area contributed by atoms with Crippen LogP contribution in [-0.2, 0) is 14.3 Å². The third-order valence-corrected chi connectivity index (χ3v) is 5.35. The smallest absolute Gasteiger partial charge is 0.408 e. The number of nitrogens with one attached hydrogen (secondary N) is 2. The van der Waals surface area contributed by atoms with Crippen LogP contribution in [0.15, 0.2) is 24.3 Å². The number of amides is 3. The Morgan fingerprint density at radius 1 is 1.18 bits per heavy atom. The Labute approximate surface area is 202 Å². The van der Waals surface area contributed by atoms with Crippen LogP contribution in [0.2, 0.25) is 0 Å². The molecule has 34 heavy (non-hydrogen) atoms. The highest BCUT2D eigenvalue weighted by atomic mass is 16.6. The van der Waals surface area contributed by atoms with Crippen molar-refractivity contribution in [2.75, 3.05) is 19.7 Å². The highest BCUT2D eigenvalue weighted by molar-refractivity contribution is 5.92. The number of unbranched alkanes of at least 4 members (excludes halogenated alkanes) is 1. The molecule has 0 aliphatic carbocycles. The summed E-state index contributed by atoms with van der Waals surface area (Å²) >= 11 is 0. The quantitative estimate of drug-likeness (QED) is 0.341. The van der Waals surface area contributed by atoms with Crippen molar-refractivity contribution < 1.29 is 29.3 Å². The van der Waals surface area contributed by atoms with Crippen molar-refractivity contribution in [1.29, 1.82) is 0 Å². The molecule has 4 N–H and O–H groups in total. The fraction of sp³-hybridized carbons (Fsp3) is 0.640. The zero-order chi connectivity index (χ0) is 25.9. The molecule has 3 atom stereocenters. The number of ether oxygens (including phenoxy) is 1. The van der Waals surface area contributed by atoms with Gasteiger partial charge in [-0.15, -0.1) is 0 Å². The fourth-order valence-electron chi connectivity index (χ4n) is 3.42. The van der Waals surface area contributed by atoms with Gasteiger partial charge in [0.25, 0.3) is 0 Å². The highest BCUT2D eigenvalue weighted by Crippen LogP contribution is 2.26. The molecule has 0 radical (unpaired) electrons. The molecule has 3 amide bonds. The molecule has 3 unspecified atom stereocenters. The number of aliphatic hydroxyl groups excluding tert-OH is 1. The molecule has 9 nitrogen and oxygen atoms in total. The number of hydrogen-bond acceptors (Lipinski definition) is 6. The van der Waals surface area contributed by atoms with E-state index in [-0.39, 0.29) is 24.8 Å². The summed E-state index contributed by atoms with van der Waals surface area (Å²) in [5.74, 6) is -1.27. The van der Waals surface area contributed by atoms with Crippen LogP contribution in [0, 0.1) is 5.92 Å². The molecule has 9 heteroatoms. The Morgan fingerprint density at radius 2 is 1.85 bits per heavy atom. The van der Waals surface area contributed by atoms with Crippen molar-refractivity contribution in [3.8, 4) is 5.75 Å². The first kappa shape index (κ1) is 29.2. The summed E-state index contributed by atoms with van der Waals surface area (Å²) in [5, 5.41) is 25.3. The predicted octanol–water partition coefficient (Wildman–Crippen LogP) is 3.11. The van der Waals surface area contributed by atoms with E-state index in [1.807, 2.05) is 20.8 Å². The van der Waals surface area contributed by atoms with Gasteiger partial charge in [-0.2, -0.15) is 0 Å². The summed E-state index contributed by atoms with van der Waals surface area (Å²) in [6.07, 6.45) is 1.49. The van der Waals surface area contributed by atoms with Crippen molar-refractivity contribution in [1.82, 2.24) is 15.5 Å². The maximum Gasteiger partial charge on any atom is 0.408 e. The molecule has 1 rings (SSSR count). The van der Waals surface area contributed by atoms with Gasteiger partial charge < -0.3 is 30.5 Å². The third-order valence-electron chi connectivity index (χ3n) is 5.35. The minimum atomic E-state index is -1.10. The largest absolute Gasteiger partial charge is 0.508 e. The molecule has 0 aliphatic heterocycles. The summed E-state index contributed by atoms with van der Waals surface area (Å²) in [7, 11) is 0. The lowest BCUT2D eigenvalue weighted by Crippen LogP contribution is -2.55. The van der Waals surface area contributed by atoms with Crippen molar-refractivity contribution in [3.05, 3.63) is 29.8 Å². The Bertz CT molecular complexity index is 808. The van der Waals surface area contributed by atoms with E-state index >= 15 is 0 Å². The summed E-state index contributed by atoms with van der Waals surface area (Å²) in [6.45, 7) is 10.8. The summed E-state index contributed by atoms with van der Waals surface area (Å²) in [6, 6.07) is 4.04. The number of aromatic hydroxyl groups is 1. The zero-order valence-corrected chi connectivity index (χ0v) is 21.3. The normalized spacial score (nSPS) is 14.0. The lowest BCUT2D eigenvalue weighted by molar-refractivity contribution is -0.144. The lowest BCUT2D eigenvalue weighted by atomic mass is 9.95. The average molecular weight is 480 g/mol. The van der Waals surface area contributed by atoms with Crippen LogP contribution in [0.4, 0.5) is 4.79 Å². The molecule has 1 aromatic rings. The highest BCUT2D eigenvalue weighted by Gasteiger charge is 2.37. The van der Waals surface area contributed by atoms with Gasteiger partial charge in [0.05, 0.1) is 6.61 Å². The first-order chi connectivity index (χ1) is 15.9. The van der Waals surface area contributed by atoms with E-state index in [0.29, 0.717) is 18.5 Å². The number of carbonyl (C=O) groups is 3. The van der Waals surface area contributed by atoms with Gasteiger partial charge in [-0.1, -0.05) is 45.7 Å². The maximum atomic E-state index is 13.8. The Kier molecular flexibility index (Phi) is 11.9. The van der Waals surface area contributed by atoms with Gasteiger partial charge in [-0.05, 0) is 50.8 Å². The lowest BCUT2D eigenvalue weighted by Gasteiger charge is -2.35. The van der Waals surface area contributed by atoms with Gasteiger partial charge in [0.2, 0.25) is 11.8 Å². The molecule has 192 valence electrons. The monoisotopic (exact) mass is 479 g/mol. The van der Waals surface area contributed by atoms with E-state index in [1.165, 1.54) is 17.0 Å². The number of nitrogens with zero attached hydrogens (tertiary/aromatic N) is 1. The second kappa shape index (κ2) is 13.8. The van der Waals surface area contributed by atoms with Gasteiger partial charge in [0, 0.05) is 13.1 Å². The second-order valence-corrected chi connectivity index (χ2v) is 9.41. The SMILES string of the molecule is CCCCNC(=O)C(c1cccc(O)c1)N(CCO)C(=O)C(NC(=O)OC(C)(C)C)C(C)CC. The summed E-state index contributed by atoms with van der Waals surface area (Å²) in [4.78, 5) is 40.8. The zero-order valence-electron chi connectivity index (χ0n) is 21.3. The van der Waals surface area contributed by atoms with Gasteiger partial charge in [-0.25, -0.2) is 4.79 Å². The van der Waals surface area contributed by atoms with Gasteiger partial charge >= 0.3 is 6.09 Å². The molecule has 1 aromatic carbocycles. The summed E-state index contributed by atoms with van der Waals surface area (Å²) < 4.78 is 5.34. The Hall–Kier alpha value is -2.81. The van der Waals surface area contributed by atoms with E-state index < -0.39 is 35.6 Å². The minimum Gasteiger partial charge on any atom is -0.508 e. The molecule has 0 saturated carbocycles. The van der Waals surface area contributed by atoms with Crippen molar-refractivity contribution in [2.45, 2.75) is 78.5 Å². The standard InChI is InChI=1S/C25H41N3O6/c1-7-9-13-26-22(31)21(18-11-10-12-19(30)16-18)28(14-15-29)23(32)20(17(3)8-2)27-24(33)34-25(4,5)6/h10-12,16-17,20-21,29-30H,7-9,13-15H2,1-6H3,(H,26,31)(H,27,33). The molecule has 0 aliphatic rings. The molecule has 0 bridgehead atoms. The third kappa shape index (κ3) is 9.21. The van der Waals surface area contributed by atoms with E-state index in [2.05, 4.69) is 10.6 Å². The van der Waals surface area contributed by atoms with E-state index in [0.717, 1.165) is 12.8 Å². The van der Waals surface area contributed by atoms with Gasteiger partial charge in [-0.3, -0.25) is 9.59 Å². The first-order valence-electron chi connectivity index (χ1n) is 11.9. The van der Waals surface area contributed by atoms with Gasteiger partial charge in [0.15, 0.2) is 0 Å². The van der Waals surface area contributed by atoms with Crippen LogP contribution < -0.4 is 10.6 Å². The molecular weight excluding hydrogens is 438 g/mol. The average Bonchev–Trinajstić information content (AvgIpc) is 2.75. The molecule has 0 fully saturated rings. The van der Waals surface area contributed by atoms with E-state index in [4.69, 9.17) is 4.74 Å². The molecule has 0 aromatic heterocycles. The predicted molar refractivity (Wildman–Crippen MR) is 130 cm³/mol. The van der Waals surface area contributed by atoms with Crippen molar-refractivity contribution >= 4 is 17.9 Å². The summed E-state index contributed by atoms with van der Waals surface area (Å²) in [5.41, 5.74) is -0.350. The number of carbonyl (C=O) groups excluding carboxylic acids is 3. The van der Waals surface area contributed by atoms with Crippen LogP contribution in [0.25, 0.3) is 0 Å². The molecule has 0 spiro atoms. The Balaban J connectivity index is 3.39. The number of phenolic OH excluding ortho intramolecular Hbond substituents is 1. The maximum absolute atomic E-state index is 13.8. The van der Waals surface area contributed by atoms with Crippen LogP contribution >= 0.6 is 0 Å². The van der Waals surface area contributed by atoms with Crippen LogP contribution in [-0.4, -0.2) is 64.4 Å². The van der Waals surface area contributed by atoms with Crippen molar-refractivity contribution in [2.24, 2.45) is 5.92 Å². The number of benzene rings is 1. The molecule has 0 saturated heterocycles. The Morgan fingerprint density at radius 3 is 2.38 bits per heavy atom. The second-order valence-electron chi connectivity index (χ2n) is 9.41. The van der Waals surface area contributed by atoms with E-state index in [9.17, 15) is 24.6 Å². The molecule has 0 heterocycles. The number of phenols is 1. The van der Waals surface area contributed by atoms with Crippen LogP contribution in [0.1, 0.15) is 72.4 Å². The number of rotatable bonds is 12. The van der Waals surface area contributed by atoms with Gasteiger partial charge in [0.1, 0.15) is 23.4 Å². The van der Waals surface area contributed by atoms with Crippen LogP contribution in [0.3, 0.4) is 0 Å². The number of alkyl carbamates (subject to hydrolysis) is 1. The fourth-order valence-corrected chi connectivity index (χ4v) is 3.42. The van der Waals surface area contributed by atoms with E-state index in [1.54, 1.807) is 32.9 Å². The topological polar surface area (TPSA) is 128 Å². The molecular formula is C25H41N3O6.